The van der Waals surface area contributed by atoms with Crippen LogP contribution in [0.15, 0.2) is 61.3 Å². The second-order valence-electron chi connectivity index (χ2n) is 5.22. The molecule has 0 aromatic heterocycles. The van der Waals surface area contributed by atoms with E-state index in [-0.39, 0.29) is 0 Å². The molecule has 2 heteroatoms. The highest BCUT2D eigenvalue weighted by atomic mass is 15.3. The van der Waals surface area contributed by atoms with Crippen molar-refractivity contribution in [2.24, 2.45) is 0 Å². The molecule has 102 valence electrons. The van der Waals surface area contributed by atoms with Crippen molar-refractivity contribution in [3.63, 3.8) is 0 Å². The third-order valence-corrected chi connectivity index (χ3v) is 3.99. The zero-order chi connectivity index (χ0) is 13.7. The minimum atomic E-state index is 0.526. The Morgan fingerprint density at radius 3 is 2.32 bits per heavy atom. The van der Waals surface area contributed by atoms with E-state index in [2.05, 4.69) is 53.8 Å². The van der Waals surface area contributed by atoms with Crippen molar-refractivity contribution < 1.29 is 0 Å². The highest BCUT2D eigenvalue weighted by Gasteiger charge is 2.21. The van der Waals surface area contributed by atoms with Crippen LogP contribution in [0.3, 0.4) is 0 Å². The van der Waals surface area contributed by atoms with Crippen LogP contribution in [0.1, 0.15) is 6.42 Å². The summed E-state index contributed by atoms with van der Waals surface area (Å²) < 4.78 is 0. The van der Waals surface area contributed by atoms with Gasteiger partial charge in [-0.05, 0) is 17.6 Å². The Morgan fingerprint density at radius 2 is 1.74 bits per heavy atom. The van der Waals surface area contributed by atoms with Crippen LogP contribution in [0.25, 0.3) is 0 Å². The first-order chi connectivity index (χ1) is 9.20. The average Bonchev–Trinajstić information content (AvgIpc) is 2.98. The summed E-state index contributed by atoms with van der Waals surface area (Å²) in [5.74, 6) is 0. The van der Waals surface area contributed by atoms with Gasteiger partial charge in [-0.25, -0.2) is 0 Å². The molecule has 0 aromatic rings. The third-order valence-electron chi connectivity index (χ3n) is 3.99. The van der Waals surface area contributed by atoms with E-state index in [0.717, 1.165) is 50.3 Å². The van der Waals surface area contributed by atoms with Gasteiger partial charge in [0, 0.05) is 38.8 Å². The molecule has 2 aliphatic rings. The largest absolute Gasteiger partial charge is 0.300 e. The summed E-state index contributed by atoms with van der Waals surface area (Å²) in [4.78, 5) is 5.05. The SMILES string of the molecule is C=CC(=C)C(=C)CCN1CCN(C2C=CC=C2)CC1. The predicted molar refractivity (Wildman–Crippen MR) is 83.2 cm³/mol. The molecule has 1 saturated heterocycles. The lowest BCUT2D eigenvalue weighted by Gasteiger charge is -2.37. The first kappa shape index (κ1) is 14.0. The van der Waals surface area contributed by atoms with Gasteiger partial charge < -0.3 is 4.90 Å². The van der Waals surface area contributed by atoms with Gasteiger partial charge in [0.05, 0.1) is 0 Å². The summed E-state index contributed by atoms with van der Waals surface area (Å²) in [6.45, 7) is 17.4. The van der Waals surface area contributed by atoms with Crippen molar-refractivity contribution in [2.45, 2.75) is 12.5 Å². The van der Waals surface area contributed by atoms with Gasteiger partial charge in [-0.2, -0.15) is 0 Å². The van der Waals surface area contributed by atoms with E-state index in [0.29, 0.717) is 6.04 Å². The zero-order valence-corrected chi connectivity index (χ0v) is 11.7. The zero-order valence-electron chi connectivity index (χ0n) is 11.7. The van der Waals surface area contributed by atoms with Crippen molar-refractivity contribution in [3.8, 4) is 0 Å². The van der Waals surface area contributed by atoms with Gasteiger partial charge in [0.15, 0.2) is 0 Å². The third kappa shape index (κ3) is 3.79. The normalized spacial score (nSPS) is 20.8. The smallest absolute Gasteiger partial charge is 0.0468 e. The molecule has 0 amide bonds. The van der Waals surface area contributed by atoms with Gasteiger partial charge in [0.25, 0.3) is 0 Å². The van der Waals surface area contributed by atoms with E-state index >= 15 is 0 Å². The van der Waals surface area contributed by atoms with Gasteiger partial charge in [0.2, 0.25) is 0 Å². The number of nitrogens with zero attached hydrogens (tertiary/aromatic N) is 2. The molecular weight excluding hydrogens is 232 g/mol. The lowest BCUT2D eigenvalue weighted by Crippen LogP contribution is -2.49. The van der Waals surface area contributed by atoms with E-state index < -0.39 is 0 Å². The fraction of sp³-hybridized carbons (Fsp3) is 0.412. The van der Waals surface area contributed by atoms with Crippen LogP contribution in [0, 0.1) is 0 Å². The highest BCUT2D eigenvalue weighted by molar-refractivity contribution is 5.33. The lowest BCUT2D eigenvalue weighted by molar-refractivity contribution is 0.126. The summed E-state index contributed by atoms with van der Waals surface area (Å²) >= 11 is 0. The van der Waals surface area contributed by atoms with Crippen molar-refractivity contribution >= 4 is 0 Å². The van der Waals surface area contributed by atoms with Gasteiger partial charge >= 0.3 is 0 Å². The Kier molecular flexibility index (Phi) is 4.94. The Labute approximate surface area is 117 Å². The molecule has 0 aromatic carbocycles. The van der Waals surface area contributed by atoms with E-state index in [9.17, 15) is 0 Å². The first-order valence-electron chi connectivity index (χ1n) is 7.01. The summed E-state index contributed by atoms with van der Waals surface area (Å²) in [5, 5.41) is 0. The van der Waals surface area contributed by atoms with Crippen LogP contribution in [-0.4, -0.2) is 48.6 Å². The molecule has 0 radical (unpaired) electrons. The minimum Gasteiger partial charge on any atom is -0.300 e. The molecule has 1 aliphatic carbocycles. The second-order valence-corrected chi connectivity index (χ2v) is 5.22. The van der Waals surface area contributed by atoms with Crippen LogP contribution in [0.2, 0.25) is 0 Å². The van der Waals surface area contributed by atoms with Crippen LogP contribution < -0.4 is 0 Å². The minimum absolute atomic E-state index is 0.526. The number of piperazine rings is 1. The number of hydrogen-bond acceptors (Lipinski definition) is 2. The summed E-state index contributed by atoms with van der Waals surface area (Å²) in [7, 11) is 0. The van der Waals surface area contributed by atoms with Crippen molar-refractivity contribution in [3.05, 3.63) is 61.3 Å². The van der Waals surface area contributed by atoms with Crippen LogP contribution in [-0.2, 0) is 0 Å². The summed E-state index contributed by atoms with van der Waals surface area (Å²) in [6.07, 6.45) is 11.6. The maximum absolute atomic E-state index is 4.06. The Bertz CT molecular complexity index is 397. The lowest BCUT2D eigenvalue weighted by atomic mass is 10.1. The Hall–Kier alpha value is -1.38. The Balaban J connectivity index is 1.70. The number of allylic oxidation sites excluding steroid dienone is 4. The van der Waals surface area contributed by atoms with E-state index in [1.165, 1.54) is 0 Å². The van der Waals surface area contributed by atoms with E-state index in [1.54, 1.807) is 6.08 Å². The van der Waals surface area contributed by atoms with E-state index in [4.69, 9.17) is 0 Å². The van der Waals surface area contributed by atoms with Crippen LogP contribution in [0.5, 0.6) is 0 Å². The molecule has 0 saturated carbocycles. The van der Waals surface area contributed by atoms with Gasteiger partial charge in [-0.15, -0.1) is 0 Å². The molecule has 0 N–H and O–H groups in total. The predicted octanol–water partition coefficient (Wildman–Crippen LogP) is 2.79. The quantitative estimate of drug-likeness (QED) is 0.674. The fourth-order valence-corrected chi connectivity index (χ4v) is 2.55. The molecule has 1 heterocycles. The topological polar surface area (TPSA) is 6.48 Å². The van der Waals surface area contributed by atoms with Crippen LogP contribution in [0.4, 0.5) is 0 Å². The summed E-state index contributed by atoms with van der Waals surface area (Å²) in [5.41, 5.74) is 2.08. The standard InChI is InChI=1S/C17H24N2/c1-4-15(2)16(3)9-10-18-11-13-19(14-12-18)17-7-5-6-8-17/h4-8,17H,1-3,9-14H2. The molecule has 1 fully saturated rings. The molecule has 1 aliphatic heterocycles. The van der Waals surface area contributed by atoms with E-state index in [1.807, 2.05) is 0 Å². The molecule has 2 nitrogen and oxygen atoms in total. The second kappa shape index (κ2) is 6.69. The molecular formula is C17H24N2. The number of rotatable bonds is 6. The van der Waals surface area contributed by atoms with Gasteiger partial charge in [-0.3, -0.25) is 4.90 Å². The van der Waals surface area contributed by atoms with Crippen molar-refractivity contribution in [1.82, 2.24) is 9.80 Å². The Morgan fingerprint density at radius 1 is 1.11 bits per heavy atom. The van der Waals surface area contributed by atoms with Crippen molar-refractivity contribution in [2.75, 3.05) is 32.7 Å². The van der Waals surface area contributed by atoms with Gasteiger partial charge in [0.1, 0.15) is 0 Å². The first-order valence-corrected chi connectivity index (χ1v) is 7.01. The molecule has 0 bridgehead atoms. The number of hydrogen-bond donors (Lipinski definition) is 0. The molecule has 0 spiro atoms. The average molecular weight is 256 g/mol. The molecule has 19 heavy (non-hydrogen) atoms. The monoisotopic (exact) mass is 256 g/mol. The maximum atomic E-state index is 4.06. The van der Waals surface area contributed by atoms with Crippen LogP contribution >= 0.6 is 0 Å². The fourth-order valence-electron chi connectivity index (χ4n) is 2.55. The highest BCUT2D eigenvalue weighted by Crippen LogP contribution is 2.15. The van der Waals surface area contributed by atoms with Crippen molar-refractivity contribution in [1.29, 1.82) is 0 Å². The molecule has 0 atom stereocenters. The molecule has 0 unspecified atom stereocenters. The summed E-state index contributed by atoms with van der Waals surface area (Å²) in [6, 6.07) is 0.526. The maximum Gasteiger partial charge on any atom is 0.0468 e. The van der Waals surface area contributed by atoms with Gasteiger partial charge in [-0.1, -0.05) is 50.1 Å². The molecule has 2 rings (SSSR count).